The fourth-order valence-corrected chi connectivity index (χ4v) is 2.89. The van der Waals surface area contributed by atoms with Crippen molar-refractivity contribution >= 4 is 51.1 Å². The van der Waals surface area contributed by atoms with Gasteiger partial charge in [0.05, 0.1) is 20.5 Å². The Bertz CT molecular complexity index is 688. The Labute approximate surface area is 141 Å². The molecule has 1 aromatic carbocycles. The van der Waals surface area contributed by atoms with E-state index in [0.29, 0.717) is 27.0 Å². The summed E-state index contributed by atoms with van der Waals surface area (Å²) in [5.41, 5.74) is 1.24. The van der Waals surface area contributed by atoms with Gasteiger partial charge in [0.15, 0.2) is 0 Å². The normalized spacial score (nSPS) is 12.7. The van der Waals surface area contributed by atoms with Gasteiger partial charge in [0.1, 0.15) is 17.7 Å². The molecule has 2 aromatic rings. The van der Waals surface area contributed by atoms with Gasteiger partial charge in [-0.2, -0.15) is 0 Å². The van der Waals surface area contributed by atoms with Crippen molar-refractivity contribution in [3.05, 3.63) is 27.3 Å². The highest BCUT2D eigenvalue weighted by Gasteiger charge is 2.24. The van der Waals surface area contributed by atoms with Gasteiger partial charge in [-0.3, -0.25) is 4.79 Å². The second kappa shape index (κ2) is 6.48. The van der Waals surface area contributed by atoms with Gasteiger partial charge in [-0.15, -0.1) is 11.6 Å². The summed E-state index contributed by atoms with van der Waals surface area (Å²) >= 11 is 7.86. The molecule has 1 amide bonds. The first-order valence-electron chi connectivity index (χ1n) is 6.57. The zero-order valence-electron chi connectivity index (χ0n) is 12.0. The van der Waals surface area contributed by atoms with Crippen molar-refractivity contribution in [1.82, 2.24) is 14.5 Å². The summed E-state index contributed by atoms with van der Waals surface area (Å²) in [5.74, 6) is 0.356. The second-order valence-corrected chi connectivity index (χ2v) is 6.24. The molecule has 1 atom stereocenters. The number of amides is 1. The number of aromatic nitrogens is 2. The molecular weight excluding hydrogens is 408 g/mol. The van der Waals surface area contributed by atoms with Gasteiger partial charge in [0.2, 0.25) is 5.91 Å². The van der Waals surface area contributed by atoms with Gasteiger partial charge >= 0.3 is 0 Å². The summed E-state index contributed by atoms with van der Waals surface area (Å²) in [6.45, 7) is 4.29. The SMILES string of the molecule is CCN(C)C(=O)C(C)n1c(CCl)nc2cc(I)c(F)cc21. The number of hydrogen-bond acceptors (Lipinski definition) is 2. The average molecular weight is 424 g/mol. The van der Waals surface area contributed by atoms with Crippen LogP contribution in [0.5, 0.6) is 0 Å². The third-order valence-electron chi connectivity index (χ3n) is 3.52. The molecule has 2 rings (SSSR count). The summed E-state index contributed by atoms with van der Waals surface area (Å²) in [6, 6.07) is 2.60. The molecule has 0 fully saturated rings. The first-order chi connectivity index (χ1) is 9.90. The molecule has 0 aliphatic carbocycles. The van der Waals surface area contributed by atoms with Crippen LogP contribution in [0.2, 0.25) is 0 Å². The molecule has 4 nitrogen and oxygen atoms in total. The minimum atomic E-state index is -0.479. The van der Waals surface area contributed by atoms with Crippen LogP contribution in [0, 0.1) is 9.39 Å². The number of carbonyl (C=O) groups excluding carboxylic acids is 1. The molecular formula is C14H16ClFIN3O. The highest BCUT2D eigenvalue weighted by Crippen LogP contribution is 2.26. The highest BCUT2D eigenvalue weighted by molar-refractivity contribution is 14.1. The predicted octanol–water partition coefficient (Wildman–Crippen LogP) is 3.56. The molecule has 0 bridgehead atoms. The maximum atomic E-state index is 13.9. The van der Waals surface area contributed by atoms with Crippen molar-refractivity contribution in [3.63, 3.8) is 0 Å². The topological polar surface area (TPSA) is 38.1 Å². The number of alkyl halides is 1. The Morgan fingerprint density at radius 1 is 1.57 bits per heavy atom. The Kier molecular flexibility index (Phi) is 5.08. The predicted molar refractivity (Wildman–Crippen MR) is 90.0 cm³/mol. The molecule has 114 valence electrons. The summed E-state index contributed by atoms with van der Waals surface area (Å²) in [7, 11) is 1.74. The molecule has 0 aliphatic heterocycles. The maximum Gasteiger partial charge on any atom is 0.245 e. The minimum Gasteiger partial charge on any atom is -0.344 e. The van der Waals surface area contributed by atoms with Crippen LogP contribution in [0.3, 0.4) is 0 Å². The molecule has 0 saturated carbocycles. The first kappa shape index (κ1) is 16.5. The molecule has 0 radical (unpaired) electrons. The van der Waals surface area contributed by atoms with E-state index in [-0.39, 0.29) is 17.6 Å². The number of carbonyl (C=O) groups is 1. The van der Waals surface area contributed by atoms with E-state index in [1.807, 2.05) is 29.5 Å². The lowest BCUT2D eigenvalue weighted by Crippen LogP contribution is -2.33. The van der Waals surface area contributed by atoms with Crippen molar-refractivity contribution in [3.8, 4) is 0 Å². The Hall–Kier alpha value is -0.890. The third kappa shape index (κ3) is 3.01. The van der Waals surface area contributed by atoms with E-state index in [1.54, 1.807) is 29.5 Å². The zero-order chi connectivity index (χ0) is 15.7. The lowest BCUT2D eigenvalue weighted by atomic mass is 10.2. The van der Waals surface area contributed by atoms with Crippen LogP contribution < -0.4 is 0 Å². The molecule has 0 saturated heterocycles. The van der Waals surface area contributed by atoms with E-state index < -0.39 is 6.04 Å². The maximum absolute atomic E-state index is 13.9. The molecule has 7 heteroatoms. The van der Waals surface area contributed by atoms with Crippen LogP contribution >= 0.6 is 34.2 Å². The fourth-order valence-electron chi connectivity index (χ4n) is 2.25. The Balaban J connectivity index is 2.61. The van der Waals surface area contributed by atoms with Gasteiger partial charge in [0, 0.05) is 19.7 Å². The van der Waals surface area contributed by atoms with Crippen LogP contribution in [0.1, 0.15) is 25.7 Å². The lowest BCUT2D eigenvalue weighted by molar-refractivity contribution is -0.132. The largest absolute Gasteiger partial charge is 0.344 e. The van der Waals surface area contributed by atoms with Crippen molar-refractivity contribution in [2.45, 2.75) is 25.8 Å². The monoisotopic (exact) mass is 423 g/mol. The smallest absolute Gasteiger partial charge is 0.245 e. The van der Waals surface area contributed by atoms with Crippen LogP contribution in [-0.4, -0.2) is 34.0 Å². The van der Waals surface area contributed by atoms with Crippen LogP contribution in [-0.2, 0) is 10.7 Å². The van der Waals surface area contributed by atoms with Gasteiger partial charge < -0.3 is 9.47 Å². The first-order valence-corrected chi connectivity index (χ1v) is 8.18. The summed E-state index contributed by atoms with van der Waals surface area (Å²) in [5, 5.41) is 0. The number of benzene rings is 1. The van der Waals surface area contributed by atoms with E-state index in [4.69, 9.17) is 11.6 Å². The Morgan fingerprint density at radius 2 is 2.24 bits per heavy atom. The number of rotatable bonds is 4. The third-order valence-corrected chi connectivity index (χ3v) is 4.59. The molecule has 1 aromatic heterocycles. The van der Waals surface area contributed by atoms with Crippen molar-refractivity contribution in [1.29, 1.82) is 0 Å². The van der Waals surface area contributed by atoms with E-state index >= 15 is 0 Å². The number of halogens is 3. The minimum absolute atomic E-state index is 0.0536. The summed E-state index contributed by atoms with van der Waals surface area (Å²) < 4.78 is 16.1. The van der Waals surface area contributed by atoms with E-state index in [9.17, 15) is 9.18 Å². The van der Waals surface area contributed by atoms with E-state index in [1.165, 1.54) is 6.07 Å². The number of fused-ring (bicyclic) bond motifs is 1. The van der Waals surface area contributed by atoms with Crippen molar-refractivity contribution in [2.24, 2.45) is 0 Å². The van der Waals surface area contributed by atoms with Crippen molar-refractivity contribution < 1.29 is 9.18 Å². The molecule has 21 heavy (non-hydrogen) atoms. The van der Waals surface area contributed by atoms with Gasteiger partial charge in [-0.05, 0) is 42.5 Å². The van der Waals surface area contributed by atoms with Gasteiger partial charge in [0.25, 0.3) is 0 Å². The highest BCUT2D eigenvalue weighted by atomic mass is 127. The van der Waals surface area contributed by atoms with Gasteiger partial charge in [-0.1, -0.05) is 0 Å². The van der Waals surface area contributed by atoms with E-state index in [2.05, 4.69) is 4.98 Å². The molecule has 0 spiro atoms. The fraction of sp³-hybridized carbons (Fsp3) is 0.429. The van der Waals surface area contributed by atoms with Crippen molar-refractivity contribution in [2.75, 3.05) is 13.6 Å². The lowest BCUT2D eigenvalue weighted by Gasteiger charge is -2.22. The molecule has 0 N–H and O–H groups in total. The summed E-state index contributed by atoms with van der Waals surface area (Å²) in [6.07, 6.45) is 0. The van der Waals surface area contributed by atoms with Crippen LogP contribution in [0.15, 0.2) is 12.1 Å². The molecule has 1 unspecified atom stereocenters. The van der Waals surface area contributed by atoms with Crippen LogP contribution in [0.4, 0.5) is 4.39 Å². The second-order valence-electron chi connectivity index (χ2n) is 4.82. The number of nitrogens with zero attached hydrogens (tertiary/aromatic N) is 3. The average Bonchev–Trinajstić information content (AvgIpc) is 2.82. The zero-order valence-corrected chi connectivity index (χ0v) is 14.9. The van der Waals surface area contributed by atoms with E-state index in [0.717, 1.165) is 0 Å². The van der Waals surface area contributed by atoms with Crippen LogP contribution in [0.25, 0.3) is 11.0 Å². The molecule has 0 aliphatic rings. The molecule has 1 heterocycles. The number of likely N-dealkylation sites (N-methyl/N-ethyl adjacent to an activating group) is 1. The Morgan fingerprint density at radius 3 is 2.81 bits per heavy atom. The quantitative estimate of drug-likeness (QED) is 0.557. The standard InChI is InChI=1S/C14H16ClFIN3O/c1-4-19(3)14(21)8(2)20-12-5-9(16)10(17)6-11(12)18-13(20)7-15/h5-6,8H,4,7H2,1-3H3. The van der Waals surface area contributed by atoms with Gasteiger partial charge in [-0.25, -0.2) is 9.37 Å². The number of imidazole rings is 1. The summed E-state index contributed by atoms with van der Waals surface area (Å²) in [4.78, 5) is 18.4. The number of hydrogen-bond donors (Lipinski definition) is 0.